The third-order valence-electron chi connectivity index (χ3n) is 2.25. The zero-order valence-electron chi connectivity index (χ0n) is 9.99. The highest BCUT2D eigenvalue weighted by Crippen LogP contribution is 2.15. The number of non-ortho nitro benzene ring substituents is 1. The molecule has 0 aliphatic rings. The molecule has 0 atom stereocenters. The Kier molecular flexibility index (Phi) is 3.51. The maximum atomic E-state index is 11.6. The summed E-state index contributed by atoms with van der Waals surface area (Å²) < 4.78 is 4.74. The third-order valence-corrected chi connectivity index (χ3v) is 2.25. The summed E-state index contributed by atoms with van der Waals surface area (Å²) in [5.41, 5.74) is 0.433. The second kappa shape index (κ2) is 5.25. The van der Waals surface area contributed by atoms with Gasteiger partial charge in [-0.25, -0.2) is 0 Å². The van der Waals surface area contributed by atoms with Gasteiger partial charge >= 0.3 is 0 Å². The number of hydrogen-bond donors (Lipinski definition) is 1. The van der Waals surface area contributed by atoms with E-state index >= 15 is 0 Å². The summed E-state index contributed by atoms with van der Waals surface area (Å²) in [6, 6.07) is 5.54. The molecule has 1 aromatic heterocycles. The molecule has 0 saturated carbocycles. The number of nitro groups is 1. The van der Waals surface area contributed by atoms with E-state index < -0.39 is 4.92 Å². The fraction of sp³-hybridized carbons (Fsp3) is 0.182. The normalized spacial score (nSPS) is 10.2. The van der Waals surface area contributed by atoms with Gasteiger partial charge in [-0.15, -0.1) is 0 Å². The quantitative estimate of drug-likeness (QED) is 0.659. The van der Waals surface area contributed by atoms with Crippen LogP contribution in [0.15, 0.2) is 28.8 Å². The maximum Gasteiger partial charge on any atom is 0.269 e. The highest BCUT2D eigenvalue weighted by Gasteiger charge is 2.10. The number of nitrogens with one attached hydrogen (secondary N) is 1. The van der Waals surface area contributed by atoms with Gasteiger partial charge in [-0.05, 0) is 12.1 Å². The fourth-order valence-corrected chi connectivity index (χ4v) is 1.43. The molecule has 1 amide bonds. The number of carbonyl (C=O) groups is 1. The fourth-order valence-electron chi connectivity index (χ4n) is 1.43. The monoisotopic (exact) mass is 262 g/mol. The molecule has 0 saturated heterocycles. The lowest BCUT2D eigenvalue weighted by Crippen LogP contribution is -2.15. The molecule has 0 aliphatic carbocycles. The molecule has 8 nitrogen and oxygen atoms in total. The second-order valence-corrected chi connectivity index (χ2v) is 3.76. The van der Waals surface area contributed by atoms with Crippen LogP contribution >= 0.6 is 0 Å². The van der Waals surface area contributed by atoms with Crippen molar-refractivity contribution in [1.82, 2.24) is 10.1 Å². The molecule has 0 unspecified atom stereocenters. The van der Waals surface area contributed by atoms with Crippen molar-refractivity contribution in [2.75, 3.05) is 5.32 Å². The van der Waals surface area contributed by atoms with E-state index in [9.17, 15) is 14.9 Å². The van der Waals surface area contributed by atoms with Gasteiger partial charge in [0.15, 0.2) is 5.82 Å². The van der Waals surface area contributed by atoms with Crippen molar-refractivity contribution in [3.05, 3.63) is 46.1 Å². The van der Waals surface area contributed by atoms with Crippen LogP contribution in [0.25, 0.3) is 0 Å². The van der Waals surface area contributed by atoms with E-state index in [1.54, 1.807) is 6.92 Å². The minimum Gasteiger partial charge on any atom is -0.340 e. The van der Waals surface area contributed by atoms with Crippen LogP contribution in [0.3, 0.4) is 0 Å². The summed E-state index contributed by atoms with van der Waals surface area (Å²) in [4.78, 5) is 25.5. The Morgan fingerprint density at radius 2 is 2.11 bits per heavy atom. The summed E-state index contributed by atoms with van der Waals surface area (Å²) in [5.74, 6) is 0.352. The molecular formula is C11H10N4O4. The molecule has 1 heterocycles. The largest absolute Gasteiger partial charge is 0.340 e. The van der Waals surface area contributed by atoms with Crippen LogP contribution in [0.2, 0.25) is 0 Å². The van der Waals surface area contributed by atoms with E-state index in [0.29, 0.717) is 11.6 Å². The van der Waals surface area contributed by atoms with E-state index in [1.165, 1.54) is 24.3 Å². The molecule has 8 heteroatoms. The minimum absolute atomic E-state index is 0.0195. The number of aromatic nitrogens is 2. The van der Waals surface area contributed by atoms with Gasteiger partial charge in [0.25, 0.3) is 5.69 Å². The van der Waals surface area contributed by atoms with Gasteiger partial charge in [0.1, 0.15) is 0 Å². The SMILES string of the molecule is Cc1nc(CC(=O)Nc2ccc([N+](=O)[O-])cc2)no1. The van der Waals surface area contributed by atoms with E-state index in [4.69, 9.17) is 4.52 Å². The number of carbonyl (C=O) groups excluding carboxylic acids is 1. The first-order chi connectivity index (χ1) is 9.04. The summed E-state index contributed by atoms with van der Waals surface area (Å²) in [7, 11) is 0. The van der Waals surface area contributed by atoms with Crippen LogP contribution in [0.5, 0.6) is 0 Å². The Balaban J connectivity index is 1.97. The zero-order valence-corrected chi connectivity index (χ0v) is 9.99. The van der Waals surface area contributed by atoms with Gasteiger partial charge in [0.2, 0.25) is 11.8 Å². The molecule has 2 aromatic rings. The van der Waals surface area contributed by atoms with Crippen LogP contribution < -0.4 is 5.32 Å². The Labute approximate surface area is 107 Å². The summed E-state index contributed by atoms with van der Waals surface area (Å²) in [5, 5.41) is 16.7. The average Bonchev–Trinajstić information content (AvgIpc) is 2.75. The van der Waals surface area contributed by atoms with Crippen molar-refractivity contribution in [1.29, 1.82) is 0 Å². The van der Waals surface area contributed by atoms with Crippen molar-refractivity contribution in [3.63, 3.8) is 0 Å². The Morgan fingerprint density at radius 3 is 2.63 bits per heavy atom. The third kappa shape index (κ3) is 3.35. The van der Waals surface area contributed by atoms with Gasteiger partial charge in [-0.1, -0.05) is 5.16 Å². The summed E-state index contributed by atoms with van der Waals surface area (Å²) >= 11 is 0. The average molecular weight is 262 g/mol. The predicted molar refractivity (Wildman–Crippen MR) is 64.5 cm³/mol. The first-order valence-corrected chi connectivity index (χ1v) is 5.38. The molecule has 19 heavy (non-hydrogen) atoms. The Morgan fingerprint density at radius 1 is 1.42 bits per heavy atom. The molecule has 0 spiro atoms. The van der Waals surface area contributed by atoms with Crippen molar-refractivity contribution in [2.24, 2.45) is 0 Å². The molecule has 2 rings (SSSR count). The lowest BCUT2D eigenvalue weighted by atomic mass is 10.2. The zero-order chi connectivity index (χ0) is 13.8. The van der Waals surface area contributed by atoms with Gasteiger partial charge in [0.05, 0.1) is 11.3 Å². The minimum atomic E-state index is -0.506. The van der Waals surface area contributed by atoms with Crippen molar-refractivity contribution < 1.29 is 14.2 Å². The summed E-state index contributed by atoms with van der Waals surface area (Å²) in [6.45, 7) is 1.63. The Bertz CT molecular complexity index is 605. The van der Waals surface area contributed by atoms with E-state index in [2.05, 4.69) is 15.5 Å². The van der Waals surface area contributed by atoms with Crippen molar-refractivity contribution >= 4 is 17.3 Å². The molecule has 0 radical (unpaired) electrons. The lowest BCUT2D eigenvalue weighted by molar-refractivity contribution is -0.384. The Hall–Kier alpha value is -2.77. The molecule has 98 valence electrons. The number of amides is 1. The number of aryl methyl sites for hydroxylation is 1. The van der Waals surface area contributed by atoms with Crippen LogP contribution in [0.1, 0.15) is 11.7 Å². The second-order valence-electron chi connectivity index (χ2n) is 3.76. The van der Waals surface area contributed by atoms with E-state index in [0.717, 1.165) is 0 Å². The first-order valence-electron chi connectivity index (χ1n) is 5.38. The van der Waals surface area contributed by atoms with Crippen LogP contribution in [-0.2, 0) is 11.2 Å². The smallest absolute Gasteiger partial charge is 0.269 e. The topological polar surface area (TPSA) is 111 Å². The van der Waals surface area contributed by atoms with Gasteiger partial charge in [0, 0.05) is 24.7 Å². The highest BCUT2D eigenvalue weighted by molar-refractivity contribution is 5.91. The summed E-state index contributed by atoms with van der Waals surface area (Å²) in [6.07, 6.45) is -0.0195. The first kappa shape index (κ1) is 12.7. The molecule has 0 bridgehead atoms. The number of rotatable bonds is 4. The molecule has 1 N–H and O–H groups in total. The van der Waals surface area contributed by atoms with Gasteiger partial charge in [-0.3, -0.25) is 14.9 Å². The number of nitrogens with zero attached hydrogens (tertiary/aromatic N) is 3. The van der Waals surface area contributed by atoms with Crippen molar-refractivity contribution in [3.8, 4) is 0 Å². The van der Waals surface area contributed by atoms with Crippen LogP contribution in [0, 0.1) is 17.0 Å². The van der Waals surface area contributed by atoms with Crippen LogP contribution in [0.4, 0.5) is 11.4 Å². The predicted octanol–water partition coefficient (Wildman–Crippen LogP) is 1.47. The van der Waals surface area contributed by atoms with E-state index in [1.807, 2.05) is 0 Å². The maximum absolute atomic E-state index is 11.6. The van der Waals surface area contributed by atoms with Gasteiger partial charge < -0.3 is 9.84 Å². The highest BCUT2D eigenvalue weighted by atomic mass is 16.6. The molecular weight excluding hydrogens is 252 g/mol. The number of nitro benzene ring substituents is 1. The molecule has 0 fully saturated rings. The number of benzene rings is 1. The van der Waals surface area contributed by atoms with Crippen molar-refractivity contribution in [2.45, 2.75) is 13.3 Å². The number of hydrogen-bond acceptors (Lipinski definition) is 6. The van der Waals surface area contributed by atoms with Gasteiger partial charge in [-0.2, -0.15) is 4.98 Å². The molecule has 1 aromatic carbocycles. The van der Waals surface area contributed by atoms with E-state index in [-0.39, 0.29) is 23.8 Å². The standard InChI is InChI=1S/C11H10N4O4/c1-7-12-10(14-19-7)6-11(16)13-8-2-4-9(5-3-8)15(17)18/h2-5H,6H2,1H3,(H,13,16). The molecule has 0 aliphatic heterocycles. The van der Waals surface area contributed by atoms with Crippen LogP contribution in [-0.4, -0.2) is 21.0 Å². The number of anilines is 1. The lowest BCUT2D eigenvalue weighted by Gasteiger charge is -2.02.